The van der Waals surface area contributed by atoms with Crippen molar-refractivity contribution in [2.45, 2.75) is 19.8 Å². The highest BCUT2D eigenvalue weighted by Gasteiger charge is 2.05. The van der Waals surface area contributed by atoms with Gasteiger partial charge in [-0.05, 0) is 23.8 Å². The average molecular weight is 179 g/mol. The highest BCUT2D eigenvalue weighted by atomic mass is 16.3. The molecule has 1 aromatic rings. The fourth-order valence-electron chi connectivity index (χ4n) is 1.08. The van der Waals surface area contributed by atoms with Crippen molar-refractivity contribution in [2.24, 2.45) is 0 Å². The zero-order valence-electron chi connectivity index (χ0n) is 7.58. The number of phenolic OH excluding ortho intramolecular Hbond substituents is 1. The molecule has 0 bridgehead atoms. The molecule has 3 N–H and O–H groups in total. The molecule has 3 nitrogen and oxygen atoms in total. The number of nitrogen functional groups attached to an aromatic ring is 1. The van der Waals surface area contributed by atoms with Crippen molar-refractivity contribution in [1.82, 2.24) is 0 Å². The molecule has 1 rings (SSSR count). The normalized spacial score (nSPS) is 9.92. The monoisotopic (exact) mass is 179 g/mol. The third kappa shape index (κ3) is 2.47. The molecule has 0 radical (unpaired) electrons. The van der Waals surface area contributed by atoms with Crippen LogP contribution in [0.1, 0.15) is 18.9 Å². The van der Waals surface area contributed by atoms with Gasteiger partial charge in [0.2, 0.25) is 0 Å². The standard InChI is InChI=1S/C10H13NO2/c1-2-8(12)5-7-6-9(13)3-4-10(7)11/h3-4,6,13H,2,5,11H2,1H3. The Morgan fingerprint density at radius 2 is 2.23 bits per heavy atom. The van der Waals surface area contributed by atoms with Crippen LogP contribution in [0.15, 0.2) is 18.2 Å². The maximum atomic E-state index is 11.1. The summed E-state index contributed by atoms with van der Waals surface area (Å²) in [6, 6.07) is 4.64. The summed E-state index contributed by atoms with van der Waals surface area (Å²) in [5, 5.41) is 9.16. The molecule has 1 aromatic carbocycles. The molecule has 0 saturated heterocycles. The molecule has 0 aliphatic heterocycles. The molecular weight excluding hydrogens is 166 g/mol. The summed E-state index contributed by atoms with van der Waals surface area (Å²) in [6.07, 6.45) is 0.797. The van der Waals surface area contributed by atoms with E-state index < -0.39 is 0 Å². The number of hydrogen-bond donors (Lipinski definition) is 2. The number of rotatable bonds is 3. The van der Waals surface area contributed by atoms with Gasteiger partial charge in [-0.2, -0.15) is 0 Å². The second-order valence-corrected chi connectivity index (χ2v) is 2.95. The Bertz CT molecular complexity index is 321. The Balaban J connectivity index is 2.87. The topological polar surface area (TPSA) is 63.3 Å². The largest absolute Gasteiger partial charge is 0.508 e. The summed E-state index contributed by atoms with van der Waals surface area (Å²) in [7, 11) is 0. The number of anilines is 1. The Morgan fingerprint density at radius 1 is 1.54 bits per heavy atom. The predicted molar refractivity (Wildman–Crippen MR) is 51.5 cm³/mol. The third-order valence-electron chi connectivity index (χ3n) is 1.91. The van der Waals surface area contributed by atoms with Crippen molar-refractivity contribution in [3.8, 4) is 5.75 Å². The van der Waals surface area contributed by atoms with E-state index in [9.17, 15) is 4.79 Å². The summed E-state index contributed by atoms with van der Waals surface area (Å²) in [5.74, 6) is 0.269. The van der Waals surface area contributed by atoms with Crippen molar-refractivity contribution in [3.05, 3.63) is 23.8 Å². The minimum absolute atomic E-state index is 0.123. The van der Waals surface area contributed by atoms with Crippen LogP contribution < -0.4 is 5.73 Å². The number of nitrogens with two attached hydrogens (primary N) is 1. The molecule has 13 heavy (non-hydrogen) atoms. The third-order valence-corrected chi connectivity index (χ3v) is 1.91. The number of benzene rings is 1. The minimum atomic E-state index is 0.123. The predicted octanol–water partition coefficient (Wildman–Crippen LogP) is 1.50. The van der Waals surface area contributed by atoms with Crippen LogP contribution in [0.2, 0.25) is 0 Å². The van der Waals surface area contributed by atoms with Crippen LogP contribution in [-0.4, -0.2) is 10.9 Å². The van der Waals surface area contributed by atoms with Gasteiger partial charge in [-0.3, -0.25) is 4.79 Å². The maximum absolute atomic E-state index is 11.1. The molecule has 3 heteroatoms. The smallest absolute Gasteiger partial charge is 0.137 e. The summed E-state index contributed by atoms with van der Waals surface area (Å²) in [5.41, 5.74) is 6.89. The lowest BCUT2D eigenvalue weighted by Crippen LogP contribution is -2.03. The Kier molecular flexibility index (Phi) is 2.90. The number of Topliss-reactive ketones (excluding diaryl/α,β-unsaturated/α-hetero) is 1. The van der Waals surface area contributed by atoms with Crippen LogP contribution in [0, 0.1) is 0 Å². The molecule has 0 unspecified atom stereocenters. The molecule has 0 amide bonds. The van der Waals surface area contributed by atoms with Gasteiger partial charge in [0.1, 0.15) is 11.5 Å². The number of hydrogen-bond acceptors (Lipinski definition) is 3. The Morgan fingerprint density at radius 3 is 2.85 bits per heavy atom. The first-order valence-electron chi connectivity index (χ1n) is 4.22. The zero-order valence-corrected chi connectivity index (χ0v) is 7.58. The van der Waals surface area contributed by atoms with Gasteiger partial charge < -0.3 is 10.8 Å². The van der Waals surface area contributed by atoms with E-state index >= 15 is 0 Å². The van der Waals surface area contributed by atoms with Crippen LogP contribution in [0.4, 0.5) is 5.69 Å². The molecule has 0 atom stereocenters. The SMILES string of the molecule is CCC(=O)Cc1cc(O)ccc1N. The average Bonchev–Trinajstić information content (AvgIpc) is 2.11. The van der Waals surface area contributed by atoms with Crippen molar-refractivity contribution in [3.63, 3.8) is 0 Å². The number of carbonyl (C=O) groups is 1. The molecule has 0 spiro atoms. The van der Waals surface area contributed by atoms with Crippen LogP contribution in [0.3, 0.4) is 0 Å². The summed E-state index contributed by atoms with van der Waals surface area (Å²) >= 11 is 0. The minimum Gasteiger partial charge on any atom is -0.508 e. The van der Waals surface area contributed by atoms with E-state index in [-0.39, 0.29) is 11.5 Å². The molecule has 0 aliphatic rings. The molecule has 0 aromatic heterocycles. The summed E-state index contributed by atoms with van der Waals surface area (Å²) in [4.78, 5) is 11.1. The number of ketones is 1. The molecule has 0 aliphatic carbocycles. The van der Waals surface area contributed by atoms with E-state index in [1.54, 1.807) is 13.0 Å². The van der Waals surface area contributed by atoms with Crippen molar-refractivity contribution in [2.75, 3.05) is 5.73 Å². The van der Waals surface area contributed by atoms with Gasteiger partial charge in [0, 0.05) is 18.5 Å². The molecular formula is C10H13NO2. The molecule has 0 heterocycles. The van der Waals surface area contributed by atoms with E-state index in [1.807, 2.05) is 0 Å². The van der Waals surface area contributed by atoms with Gasteiger partial charge in [0.15, 0.2) is 0 Å². The molecule has 70 valence electrons. The fourth-order valence-corrected chi connectivity index (χ4v) is 1.08. The Labute approximate surface area is 77.2 Å². The molecule has 0 fully saturated rings. The van der Waals surface area contributed by atoms with Gasteiger partial charge in [-0.1, -0.05) is 6.92 Å². The van der Waals surface area contributed by atoms with Crippen LogP contribution in [-0.2, 0) is 11.2 Å². The van der Waals surface area contributed by atoms with Crippen molar-refractivity contribution >= 4 is 11.5 Å². The Hall–Kier alpha value is -1.51. The number of aromatic hydroxyl groups is 1. The van der Waals surface area contributed by atoms with Gasteiger partial charge >= 0.3 is 0 Å². The zero-order chi connectivity index (χ0) is 9.84. The van der Waals surface area contributed by atoms with Crippen molar-refractivity contribution in [1.29, 1.82) is 0 Å². The molecule has 0 saturated carbocycles. The van der Waals surface area contributed by atoms with Crippen LogP contribution >= 0.6 is 0 Å². The second-order valence-electron chi connectivity index (χ2n) is 2.95. The maximum Gasteiger partial charge on any atom is 0.137 e. The first kappa shape index (κ1) is 9.58. The van der Waals surface area contributed by atoms with Crippen LogP contribution in [0.25, 0.3) is 0 Å². The number of phenols is 1. The van der Waals surface area contributed by atoms with E-state index in [4.69, 9.17) is 10.8 Å². The first-order valence-corrected chi connectivity index (χ1v) is 4.22. The van der Waals surface area contributed by atoms with Gasteiger partial charge in [0.25, 0.3) is 0 Å². The number of carbonyl (C=O) groups excluding carboxylic acids is 1. The first-order chi connectivity index (χ1) is 6.13. The fraction of sp³-hybridized carbons (Fsp3) is 0.300. The lowest BCUT2D eigenvalue weighted by molar-refractivity contribution is -0.118. The second kappa shape index (κ2) is 3.94. The highest BCUT2D eigenvalue weighted by Crippen LogP contribution is 2.19. The van der Waals surface area contributed by atoms with E-state index in [1.165, 1.54) is 12.1 Å². The summed E-state index contributed by atoms with van der Waals surface area (Å²) in [6.45, 7) is 1.81. The lowest BCUT2D eigenvalue weighted by atomic mass is 10.1. The van der Waals surface area contributed by atoms with E-state index in [2.05, 4.69) is 0 Å². The van der Waals surface area contributed by atoms with Gasteiger partial charge in [0.05, 0.1) is 0 Å². The highest BCUT2D eigenvalue weighted by molar-refractivity contribution is 5.82. The quantitative estimate of drug-likeness (QED) is 0.546. The van der Waals surface area contributed by atoms with Crippen molar-refractivity contribution < 1.29 is 9.90 Å². The van der Waals surface area contributed by atoms with E-state index in [0.717, 1.165) is 0 Å². The van der Waals surface area contributed by atoms with E-state index in [0.29, 0.717) is 24.1 Å². The van der Waals surface area contributed by atoms with Gasteiger partial charge in [-0.15, -0.1) is 0 Å². The lowest BCUT2D eigenvalue weighted by Gasteiger charge is -2.04. The van der Waals surface area contributed by atoms with Crippen LogP contribution in [0.5, 0.6) is 5.75 Å². The van der Waals surface area contributed by atoms with Gasteiger partial charge in [-0.25, -0.2) is 0 Å². The summed E-state index contributed by atoms with van der Waals surface area (Å²) < 4.78 is 0.